The van der Waals surface area contributed by atoms with Crippen molar-refractivity contribution in [3.05, 3.63) is 18.2 Å². The second kappa shape index (κ2) is 6.70. The Balaban J connectivity index is 3.00. The van der Waals surface area contributed by atoms with Crippen molar-refractivity contribution in [1.82, 2.24) is 4.98 Å². The standard InChI is InChI=1S/C13H21BFNO5/c1-12(2,17)13(3,4)21-14(18)9-6-11(15)16-7-10(9)20-8-19-5/h6-7,17-18H,8H2,1-5H3. The number of methoxy groups -OCH3 is 1. The topological polar surface area (TPSA) is 81.0 Å². The van der Waals surface area contributed by atoms with Crippen LogP contribution in [0.4, 0.5) is 4.39 Å². The Hall–Kier alpha value is -1.22. The third kappa shape index (κ3) is 4.64. The maximum absolute atomic E-state index is 13.3. The molecule has 1 aromatic rings. The molecule has 118 valence electrons. The van der Waals surface area contributed by atoms with E-state index in [4.69, 9.17) is 14.1 Å². The first-order valence-corrected chi connectivity index (χ1v) is 6.44. The molecule has 0 aliphatic carbocycles. The lowest BCUT2D eigenvalue weighted by Gasteiger charge is -2.38. The Labute approximate surface area is 124 Å². The number of rotatable bonds is 7. The zero-order valence-electron chi connectivity index (χ0n) is 12.9. The minimum absolute atomic E-state index is 0.0666. The molecule has 0 aliphatic heterocycles. The van der Waals surface area contributed by atoms with Crippen molar-refractivity contribution in [2.75, 3.05) is 13.9 Å². The lowest BCUT2D eigenvalue weighted by Crippen LogP contribution is -2.53. The summed E-state index contributed by atoms with van der Waals surface area (Å²) in [4.78, 5) is 3.46. The minimum atomic E-state index is -1.49. The van der Waals surface area contributed by atoms with Crippen molar-refractivity contribution in [2.45, 2.75) is 38.9 Å². The van der Waals surface area contributed by atoms with Crippen LogP contribution in [-0.4, -0.2) is 47.3 Å². The van der Waals surface area contributed by atoms with Crippen LogP contribution in [0.1, 0.15) is 27.7 Å². The van der Waals surface area contributed by atoms with Gasteiger partial charge in [0.15, 0.2) is 6.79 Å². The van der Waals surface area contributed by atoms with Crippen LogP contribution in [0.2, 0.25) is 0 Å². The van der Waals surface area contributed by atoms with E-state index in [1.165, 1.54) is 7.11 Å². The van der Waals surface area contributed by atoms with Crippen LogP contribution in [-0.2, 0) is 9.39 Å². The largest absolute Gasteiger partial charge is 0.495 e. The molecule has 0 aliphatic rings. The Kier molecular flexibility index (Phi) is 5.69. The maximum Gasteiger partial charge on any atom is 0.495 e. The Morgan fingerprint density at radius 1 is 1.33 bits per heavy atom. The molecule has 1 heterocycles. The van der Waals surface area contributed by atoms with Crippen LogP contribution in [0, 0.1) is 5.95 Å². The number of hydrogen-bond donors (Lipinski definition) is 2. The van der Waals surface area contributed by atoms with Gasteiger partial charge in [-0.3, -0.25) is 0 Å². The number of nitrogens with zero attached hydrogens (tertiary/aromatic N) is 1. The highest BCUT2D eigenvalue weighted by Crippen LogP contribution is 2.25. The number of pyridine rings is 1. The van der Waals surface area contributed by atoms with Crippen molar-refractivity contribution < 1.29 is 28.6 Å². The van der Waals surface area contributed by atoms with E-state index >= 15 is 0 Å². The van der Waals surface area contributed by atoms with Gasteiger partial charge in [0.25, 0.3) is 0 Å². The van der Waals surface area contributed by atoms with Gasteiger partial charge in [0.1, 0.15) is 5.75 Å². The van der Waals surface area contributed by atoms with Crippen LogP contribution in [0.15, 0.2) is 12.3 Å². The van der Waals surface area contributed by atoms with Gasteiger partial charge >= 0.3 is 7.12 Å². The molecule has 0 unspecified atom stereocenters. The molecule has 0 aromatic carbocycles. The predicted octanol–water partition coefficient (Wildman–Crippen LogP) is 0.457. The van der Waals surface area contributed by atoms with Crippen molar-refractivity contribution in [1.29, 1.82) is 0 Å². The Morgan fingerprint density at radius 3 is 2.48 bits per heavy atom. The molecule has 0 fully saturated rings. The van der Waals surface area contributed by atoms with Gasteiger partial charge in [-0.1, -0.05) is 0 Å². The summed E-state index contributed by atoms with van der Waals surface area (Å²) < 4.78 is 28.7. The lowest BCUT2D eigenvalue weighted by atomic mass is 9.76. The molecule has 21 heavy (non-hydrogen) atoms. The number of hydrogen-bond acceptors (Lipinski definition) is 6. The first-order chi connectivity index (χ1) is 9.58. The Morgan fingerprint density at radius 2 is 1.95 bits per heavy atom. The van der Waals surface area contributed by atoms with E-state index in [1.54, 1.807) is 27.7 Å². The molecular weight excluding hydrogens is 280 g/mol. The zero-order chi connectivity index (χ0) is 16.3. The fourth-order valence-corrected chi connectivity index (χ4v) is 1.35. The molecule has 0 bridgehead atoms. The second-order valence-corrected chi connectivity index (χ2v) is 5.64. The van der Waals surface area contributed by atoms with Gasteiger partial charge < -0.3 is 24.3 Å². The smallest absolute Gasteiger partial charge is 0.466 e. The average molecular weight is 301 g/mol. The minimum Gasteiger partial charge on any atom is -0.466 e. The average Bonchev–Trinajstić information content (AvgIpc) is 2.35. The summed E-state index contributed by atoms with van der Waals surface area (Å²) in [6, 6.07) is 1.01. The first-order valence-electron chi connectivity index (χ1n) is 6.44. The van der Waals surface area contributed by atoms with E-state index in [9.17, 15) is 14.5 Å². The lowest BCUT2D eigenvalue weighted by molar-refractivity contribution is -0.0983. The van der Waals surface area contributed by atoms with Gasteiger partial charge in [-0.25, -0.2) is 4.98 Å². The molecule has 0 spiro atoms. The quantitative estimate of drug-likeness (QED) is 0.432. The Bertz CT molecular complexity index is 478. The molecule has 1 rings (SSSR count). The second-order valence-electron chi connectivity index (χ2n) is 5.64. The molecule has 0 saturated carbocycles. The zero-order valence-corrected chi connectivity index (χ0v) is 12.9. The van der Waals surface area contributed by atoms with Gasteiger partial charge in [-0.05, 0) is 33.8 Å². The summed E-state index contributed by atoms with van der Waals surface area (Å²) in [5.74, 6) is -0.643. The van der Waals surface area contributed by atoms with Crippen LogP contribution in [0.3, 0.4) is 0 Å². The molecule has 8 heteroatoms. The summed E-state index contributed by atoms with van der Waals surface area (Å²) in [6.45, 7) is 6.25. The molecule has 2 N–H and O–H groups in total. The van der Waals surface area contributed by atoms with Gasteiger partial charge in [0.05, 0.1) is 17.4 Å². The van der Waals surface area contributed by atoms with Crippen LogP contribution in [0.5, 0.6) is 5.75 Å². The predicted molar refractivity (Wildman–Crippen MR) is 75.8 cm³/mol. The molecule has 1 aromatic heterocycles. The number of aromatic nitrogens is 1. The van der Waals surface area contributed by atoms with E-state index in [2.05, 4.69) is 4.98 Å². The van der Waals surface area contributed by atoms with E-state index in [1.807, 2.05) is 0 Å². The summed E-state index contributed by atoms with van der Waals surface area (Å²) in [5.41, 5.74) is -2.23. The maximum atomic E-state index is 13.3. The normalized spacial score (nSPS) is 12.4. The highest BCUT2D eigenvalue weighted by Gasteiger charge is 2.40. The summed E-state index contributed by atoms with van der Waals surface area (Å²) in [5, 5.41) is 20.2. The van der Waals surface area contributed by atoms with Crippen molar-refractivity contribution in [3.8, 4) is 5.75 Å². The number of halogens is 1. The SMILES string of the molecule is COCOc1cnc(F)cc1B(O)OC(C)(C)C(C)(C)O. The molecule has 6 nitrogen and oxygen atoms in total. The molecule has 0 amide bonds. The number of aliphatic hydroxyl groups is 1. The third-order valence-corrected chi connectivity index (χ3v) is 3.34. The monoisotopic (exact) mass is 301 g/mol. The molecule has 0 saturated heterocycles. The number of ether oxygens (including phenoxy) is 2. The third-order valence-electron chi connectivity index (χ3n) is 3.34. The van der Waals surface area contributed by atoms with Gasteiger partial charge in [0, 0.05) is 12.6 Å². The molecule has 0 atom stereocenters. The highest BCUT2D eigenvalue weighted by atomic mass is 19.1. The highest BCUT2D eigenvalue weighted by molar-refractivity contribution is 6.61. The van der Waals surface area contributed by atoms with E-state index in [0.29, 0.717) is 0 Å². The van der Waals surface area contributed by atoms with Crippen molar-refractivity contribution in [2.24, 2.45) is 0 Å². The first kappa shape index (κ1) is 17.8. The van der Waals surface area contributed by atoms with Crippen LogP contribution in [0.25, 0.3) is 0 Å². The van der Waals surface area contributed by atoms with Gasteiger partial charge in [0.2, 0.25) is 5.95 Å². The van der Waals surface area contributed by atoms with E-state index in [-0.39, 0.29) is 18.0 Å². The van der Waals surface area contributed by atoms with Gasteiger partial charge in [-0.15, -0.1) is 0 Å². The molecular formula is C13H21BFNO5. The summed E-state index contributed by atoms with van der Waals surface area (Å²) >= 11 is 0. The van der Waals surface area contributed by atoms with E-state index in [0.717, 1.165) is 12.3 Å². The summed E-state index contributed by atoms with van der Waals surface area (Å²) in [6.07, 6.45) is 1.13. The summed E-state index contributed by atoms with van der Waals surface area (Å²) in [7, 11) is -0.0585. The van der Waals surface area contributed by atoms with Crippen molar-refractivity contribution >= 4 is 12.6 Å². The van der Waals surface area contributed by atoms with Gasteiger partial charge in [-0.2, -0.15) is 4.39 Å². The van der Waals surface area contributed by atoms with Crippen LogP contribution < -0.4 is 10.2 Å². The van der Waals surface area contributed by atoms with Crippen LogP contribution >= 0.6 is 0 Å². The fraction of sp³-hybridized carbons (Fsp3) is 0.615. The fourth-order valence-electron chi connectivity index (χ4n) is 1.35. The molecule has 0 radical (unpaired) electrons. The van der Waals surface area contributed by atoms with E-state index < -0.39 is 24.3 Å². The van der Waals surface area contributed by atoms with Crippen molar-refractivity contribution in [3.63, 3.8) is 0 Å².